The van der Waals surface area contributed by atoms with Crippen LogP contribution in [0.25, 0.3) is 23.4 Å². The molecule has 4 aromatic rings. The van der Waals surface area contributed by atoms with Gasteiger partial charge >= 0.3 is 0 Å². The van der Waals surface area contributed by atoms with Crippen molar-refractivity contribution in [2.45, 2.75) is 37.6 Å². The number of rotatable bonds is 8. The van der Waals surface area contributed by atoms with Crippen LogP contribution in [0.3, 0.4) is 0 Å². The van der Waals surface area contributed by atoms with Gasteiger partial charge in [0, 0.05) is 10.9 Å². The topological polar surface area (TPSA) is 96.7 Å². The van der Waals surface area contributed by atoms with Gasteiger partial charge in [-0.25, -0.2) is 9.97 Å². The minimum atomic E-state index is -0.383. The van der Waals surface area contributed by atoms with E-state index in [2.05, 4.69) is 56.7 Å². The summed E-state index contributed by atoms with van der Waals surface area (Å²) in [5.41, 5.74) is 3.17. The Labute approximate surface area is 194 Å². The Morgan fingerprint density at radius 3 is 2.75 bits per heavy atom. The van der Waals surface area contributed by atoms with Crippen LogP contribution < -0.4 is 5.32 Å². The fraction of sp³-hybridized carbons (Fsp3) is 0.217. The van der Waals surface area contributed by atoms with Crippen LogP contribution in [0.2, 0.25) is 0 Å². The van der Waals surface area contributed by atoms with Crippen molar-refractivity contribution in [1.82, 2.24) is 20.2 Å². The molecule has 0 bridgehead atoms. The summed E-state index contributed by atoms with van der Waals surface area (Å²) in [4.78, 5) is 21.5. The Balaban J connectivity index is 1.33. The first-order chi connectivity index (χ1) is 15.5. The largest absolute Gasteiger partial charge is 0.462 e. The van der Waals surface area contributed by atoms with E-state index in [1.54, 1.807) is 6.08 Å². The minimum absolute atomic E-state index is 0.148. The third-order valence-electron chi connectivity index (χ3n) is 4.69. The Morgan fingerprint density at radius 1 is 1.22 bits per heavy atom. The number of aryl methyl sites for hydroxylation is 2. The third kappa shape index (κ3) is 5.54. The summed E-state index contributed by atoms with van der Waals surface area (Å²) >= 11 is 2.69. The summed E-state index contributed by atoms with van der Waals surface area (Å²) in [6, 6.07) is 12.1. The first-order valence-corrected chi connectivity index (χ1v) is 12.0. The number of aromatic nitrogens is 4. The van der Waals surface area contributed by atoms with Crippen LogP contribution in [0.4, 0.5) is 5.13 Å². The van der Waals surface area contributed by atoms with E-state index in [9.17, 15) is 4.79 Å². The number of hydrogen-bond acceptors (Lipinski definition) is 7. The second-order valence-electron chi connectivity index (χ2n) is 7.12. The molecule has 3 aromatic heterocycles. The van der Waals surface area contributed by atoms with Crippen LogP contribution in [0, 0.1) is 6.92 Å². The molecule has 4 rings (SSSR count). The smallest absolute Gasteiger partial charge is 0.239 e. The zero-order valence-electron chi connectivity index (χ0n) is 18.0. The number of nitrogens with one attached hydrogen (secondary N) is 2. The van der Waals surface area contributed by atoms with Crippen LogP contribution in [0.1, 0.15) is 36.8 Å². The Kier molecular flexibility index (Phi) is 6.87. The highest BCUT2D eigenvalue weighted by Crippen LogP contribution is 2.27. The molecule has 0 radical (unpaired) electrons. The molecular formula is C23H23N5O2S2. The van der Waals surface area contributed by atoms with E-state index in [4.69, 9.17) is 4.42 Å². The molecule has 164 valence electrons. The van der Waals surface area contributed by atoms with Crippen molar-refractivity contribution in [3.63, 3.8) is 0 Å². The van der Waals surface area contributed by atoms with Gasteiger partial charge in [-0.3, -0.25) is 9.89 Å². The van der Waals surface area contributed by atoms with Crippen molar-refractivity contribution in [3.05, 3.63) is 64.7 Å². The van der Waals surface area contributed by atoms with Crippen molar-refractivity contribution in [3.8, 4) is 11.3 Å². The molecule has 32 heavy (non-hydrogen) atoms. The first-order valence-electron chi connectivity index (χ1n) is 10.2. The van der Waals surface area contributed by atoms with Gasteiger partial charge in [0.25, 0.3) is 0 Å². The quantitative estimate of drug-likeness (QED) is 0.325. The summed E-state index contributed by atoms with van der Waals surface area (Å²) in [5, 5.41) is 12.5. The second kappa shape index (κ2) is 9.97. The Hall–Kier alpha value is -3.17. The molecule has 3 heterocycles. The van der Waals surface area contributed by atoms with Crippen LogP contribution in [-0.4, -0.2) is 31.3 Å². The number of benzene rings is 1. The molecule has 0 aliphatic carbocycles. The van der Waals surface area contributed by atoms with E-state index in [1.165, 1.54) is 28.7 Å². The van der Waals surface area contributed by atoms with Gasteiger partial charge in [-0.1, -0.05) is 43.0 Å². The minimum Gasteiger partial charge on any atom is -0.462 e. The number of nitrogens with zero attached hydrogens (tertiary/aromatic N) is 3. The van der Waals surface area contributed by atoms with Crippen LogP contribution in [0.5, 0.6) is 0 Å². The summed E-state index contributed by atoms with van der Waals surface area (Å²) in [7, 11) is 0. The number of anilines is 1. The molecule has 0 aliphatic heterocycles. The summed E-state index contributed by atoms with van der Waals surface area (Å²) in [5.74, 6) is 2.03. The van der Waals surface area contributed by atoms with E-state index >= 15 is 0 Å². The van der Waals surface area contributed by atoms with Gasteiger partial charge in [-0.05, 0) is 50.1 Å². The molecule has 0 saturated carbocycles. The molecule has 1 amide bonds. The first kappa shape index (κ1) is 22.0. The molecule has 0 fully saturated rings. The summed E-state index contributed by atoms with van der Waals surface area (Å²) < 4.78 is 5.49. The van der Waals surface area contributed by atoms with E-state index in [0.29, 0.717) is 16.1 Å². The number of carbonyl (C=O) groups excluding carboxylic acids is 1. The lowest BCUT2D eigenvalue weighted by molar-refractivity contribution is -0.115. The predicted octanol–water partition coefficient (Wildman–Crippen LogP) is 5.68. The molecule has 0 spiro atoms. The number of carbonyl (C=O) groups is 1. The molecule has 0 aliphatic rings. The van der Waals surface area contributed by atoms with Gasteiger partial charge in [-0.15, -0.1) is 16.4 Å². The zero-order valence-corrected chi connectivity index (χ0v) is 19.6. The van der Waals surface area contributed by atoms with Crippen molar-refractivity contribution < 1.29 is 9.21 Å². The maximum Gasteiger partial charge on any atom is 0.239 e. The fourth-order valence-corrected chi connectivity index (χ4v) is 4.34. The van der Waals surface area contributed by atoms with E-state index in [-0.39, 0.29) is 11.2 Å². The average Bonchev–Trinajstić information content (AvgIpc) is 3.54. The van der Waals surface area contributed by atoms with Crippen LogP contribution >= 0.6 is 23.1 Å². The van der Waals surface area contributed by atoms with Gasteiger partial charge in [0.1, 0.15) is 17.3 Å². The monoisotopic (exact) mass is 465 g/mol. The van der Waals surface area contributed by atoms with Gasteiger partial charge in [0.2, 0.25) is 11.1 Å². The molecule has 2 N–H and O–H groups in total. The highest BCUT2D eigenvalue weighted by atomic mass is 32.2. The van der Waals surface area contributed by atoms with Crippen molar-refractivity contribution >= 4 is 46.3 Å². The maximum atomic E-state index is 12.6. The van der Waals surface area contributed by atoms with Crippen LogP contribution in [0.15, 0.2) is 51.4 Å². The molecule has 1 unspecified atom stereocenters. The van der Waals surface area contributed by atoms with Crippen LogP contribution in [-0.2, 0) is 11.2 Å². The molecule has 1 aromatic carbocycles. The second-order valence-corrected chi connectivity index (χ2v) is 9.29. The number of hydrogen-bond donors (Lipinski definition) is 2. The van der Waals surface area contributed by atoms with Crippen molar-refractivity contribution in [2.75, 3.05) is 5.32 Å². The number of thioether (sulfide) groups is 1. The Bertz CT molecular complexity index is 1220. The number of thiazole rings is 1. The maximum absolute atomic E-state index is 12.6. The number of amides is 1. The van der Waals surface area contributed by atoms with E-state index in [0.717, 1.165) is 29.2 Å². The lowest BCUT2D eigenvalue weighted by Gasteiger charge is -2.07. The van der Waals surface area contributed by atoms with Crippen molar-refractivity contribution in [1.29, 1.82) is 0 Å². The number of aromatic amines is 1. The highest BCUT2D eigenvalue weighted by Gasteiger charge is 2.18. The van der Waals surface area contributed by atoms with Gasteiger partial charge in [0.05, 0.1) is 10.9 Å². The predicted molar refractivity (Wildman–Crippen MR) is 130 cm³/mol. The van der Waals surface area contributed by atoms with E-state index in [1.807, 2.05) is 37.4 Å². The molecule has 9 heteroatoms. The summed E-state index contributed by atoms with van der Waals surface area (Å²) in [6.45, 7) is 5.83. The van der Waals surface area contributed by atoms with Crippen molar-refractivity contribution in [2.24, 2.45) is 0 Å². The zero-order chi connectivity index (χ0) is 22.5. The number of furan rings is 1. The molecule has 0 saturated heterocycles. The van der Waals surface area contributed by atoms with Gasteiger partial charge in [0.15, 0.2) is 5.13 Å². The molecule has 1 atom stereocenters. The Morgan fingerprint density at radius 2 is 2.03 bits per heavy atom. The van der Waals surface area contributed by atoms with Gasteiger partial charge < -0.3 is 9.73 Å². The lowest BCUT2D eigenvalue weighted by atomic mass is 10.1. The molecular weight excluding hydrogens is 442 g/mol. The standard InChI is InChI=1S/C23H23N5O2S2/c1-4-16-6-8-17(9-7-16)19-13-31-22(24-19)26-21(29)15(3)32-23-25-20(27-28-23)12-11-18-10-5-14(2)30-18/h5-13,15H,4H2,1-3H3,(H,24,26,29)(H,25,27,28)/b12-11+. The number of H-pyrrole nitrogens is 1. The SMILES string of the molecule is CCc1ccc(-c2csc(NC(=O)C(C)Sc3n[nH]c(/C=C/c4ccc(C)o4)n3)n2)cc1. The third-order valence-corrected chi connectivity index (χ3v) is 6.41. The summed E-state index contributed by atoms with van der Waals surface area (Å²) in [6.07, 6.45) is 4.60. The molecule has 7 nitrogen and oxygen atoms in total. The average molecular weight is 466 g/mol. The van der Waals surface area contributed by atoms with E-state index < -0.39 is 0 Å². The van der Waals surface area contributed by atoms with Gasteiger partial charge in [-0.2, -0.15) is 0 Å². The fourth-order valence-electron chi connectivity index (χ4n) is 2.88. The highest BCUT2D eigenvalue weighted by molar-refractivity contribution is 8.00. The lowest BCUT2D eigenvalue weighted by Crippen LogP contribution is -2.22. The normalized spacial score (nSPS) is 12.3.